The Kier molecular flexibility index (Phi) is 4.50. The minimum atomic E-state index is -0.277. The molecule has 0 spiro atoms. The summed E-state index contributed by atoms with van der Waals surface area (Å²) < 4.78 is 16.4. The third-order valence-electron chi connectivity index (χ3n) is 2.72. The van der Waals surface area contributed by atoms with Crippen LogP contribution >= 0.6 is 0 Å². The average Bonchev–Trinajstić information content (AvgIpc) is 2.71. The summed E-state index contributed by atoms with van der Waals surface area (Å²) in [4.78, 5) is 0. The van der Waals surface area contributed by atoms with Crippen molar-refractivity contribution in [1.29, 1.82) is 0 Å². The maximum atomic E-state index is 9.11. The van der Waals surface area contributed by atoms with Gasteiger partial charge in [-0.3, -0.25) is 0 Å². The lowest BCUT2D eigenvalue weighted by Gasteiger charge is -2.14. The van der Waals surface area contributed by atoms with E-state index in [0.717, 1.165) is 5.56 Å². The van der Waals surface area contributed by atoms with Crippen LogP contribution in [-0.2, 0) is 20.8 Å². The molecule has 2 rings (SSSR count). The van der Waals surface area contributed by atoms with Gasteiger partial charge in [-0.2, -0.15) is 0 Å². The molecular formula is C13H18O4. The molecule has 94 valence electrons. The van der Waals surface area contributed by atoms with Gasteiger partial charge in [0, 0.05) is 0 Å². The molecule has 0 saturated carbocycles. The van der Waals surface area contributed by atoms with E-state index >= 15 is 0 Å². The lowest BCUT2D eigenvalue weighted by molar-refractivity contribution is -0.0645. The third kappa shape index (κ3) is 3.51. The molecule has 0 radical (unpaired) electrons. The zero-order valence-electron chi connectivity index (χ0n) is 9.91. The van der Waals surface area contributed by atoms with E-state index in [4.69, 9.17) is 19.3 Å². The van der Waals surface area contributed by atoms with Gasteiger partial charge in [-0.05, 0) is 12.5 Å². The summed E-state index contributed by atoms with van der Waals surface area (Å²) >= 11 is 0. The zero-order valence-corrected chi connectivity index (χ0v) is 9.91. The largest absolute Gasteiger partial charge is 0.394 e. The lowest BCUT2D eigenvalue weighted by atomic mass is 10.2. The Morgan fingerprint density at radius 3 is 2.59 bits per heavy atom. The standard InChI is InChI=1S/C13H18O4/c1-10-16-12(7-14)13(17-10)9-15-8-11-5-3-2-4-6-11/h2-6,10,12-14H,7-9H2,1H3/t10?,12-,13-/m1/s1. The molecule has 4 heteroatoms. The van der Waals surface area contributed by atoms with Crippen molar-refractivity contribution in [1.82, 2.24) is 0 Å². The van der Waals surface area contributed by atoms with Crippen molar-refractivity contribution in [3.8, 4) is 0 Å². The first kappa shape index (κ1) is 12.5. The fourth-order valence-corrected chi connectivity index (χ4v) is 1.87. The van der Waals surface area contributed by atoms with Crippen molar-refractivity contribution in [2.45, 2.75) is 32.0 Å². The van der Waals surface area contributed by atoms with Gasteiger partial charge in [0.2, 0.25) is 0 Å². The number of hydrogen-bond donors (Lipinski definition) is 1. The Bertz CT molecular complexity index is 327. The second-order valence-electron chi connectivity index (χ2n) is 4.10. The minimum Gasteiger partial charge on any atom is -0.394 e. The number of hydrogen-bond acceptors (Lipinski definition) is 4. The number of ether oxygens (including phenoxy) is 3. The lowest BCUT2D eigenvalue weighted by Crippen LogP contribution is -2.30. The van der Waals surface area contributed by atoms with Crippen molar-refractivity contribution in [2.24, 2.45) is 0 Å². The first-order valence-corrected chi connectivity index (χ1v) is 5.83. The van der Waals surface area contributed by atoms with Crippen LogP contribution in [-0.4, -0.2) is 36.8 Å². The zero-order chi connectivity index (χ0) is 12.1. The molecule has 1 unspecified atom stereocenters. The Labute approximate surface area is 101 Å². The molecule has 17 heavy (non-hydrogen) atoms. The van der Waals surface area contributed by atoms with Crippen LogP contribution in [0.2, 0.25) is 0 Å². The molecule has 1 N–H and O–H groups in total. The van der Waals surface area contributed by atoms with Crippen LogP contribution in [0.25, 0.3) is 0 Å². The summed E-state index contributed by atoms with van der Waals surface area (Å²) in [6.07, 6.45) is -0.725. The maximum Gasteiger partial charge on any atom is 0.156 e. The van der Waals surface area contributed by atoms with E-state index in [0.29, 0.717) is 13.2 Å². The molecule has 3 atom stereocenters. The Morgan fingerprint density at radius 1 is 1.18 bits per heavy atom. The molecule has 1 aliphatic heterocycles. The van der Waals surface area contributed by atoms with E-state index in [1.54, 1.807) is 0 Å². The topological polar surface area (TPSA) is 47.9 Å². The number of aliphatic hydroxyl groups excluding tert-OH is 1. The molecule has 1 aromatic rings. The highest BCUT2D eigenvalue weighted by atomic mass is 16.7. The summed E-state index contributed by atoms with van der Waals surface area (Å²) in [6, 6.07) is 9.95. The second kappa shape index (κ2) is 6.12. The molecule has 0 bridgehead atoms. The van der Waals surface area contributed by atoms with E-state index in [-0.39, 0.29) is 25.1 Å². The maximum absolute atomic E-state index is 9.11. The number of rotatable bonds is 5. The molecule has 0 amide bonds. The van der Waals surface area contributed by atoms with Gasteiger partial charge >= 0.3 is 0 Å². The predicted molar refractivity (Wildman–Crippen MR) is 62.4 cm³/mol. The average molecular weight is 238 g/mol. The van der Waals surface area contributed by atoms with Gasteiger partial charge in [-0.15, -0.1) is 0 Å². The summed E-state index contributed by atoms with van der Waals surface area (Å²) in [7, 11) is 0. The van der Waals surface area contributed by atoms with Gasteiger partial charge < -0.3 is 19.3 Å². The van der Waals surface area contributed by atoms with Gasteiger partial charge in [-0.1, -0.05) is 30.3 Å². The first-order chi connectivity index (χ1) is 8.29. The number of aliphatic hydroxyl groups is 1. The van der Waals surface area contributed by atoms with Crippen LogP contribution in [0.15, 0.2) is 30.3 Å². The summed E-state index contributed by atoms with van der Waals surface area (Å²) in [5.41, 5.74) is 1.13. The van der Waals surface area contributed by atoms with Crippen molar-refractivity contribution < 1.29 is 19.3 Å². The molecule has 4 nitrogen and oxygen atoms in total. The fraction of sp³-hybridized carbons (Fsp3) is 0.538. The highest BCUT2D eigenvalue weighted by molar-refractivity contribution is 5.13. The quantitative estimate of drug-likeness (QED) is 0.840. The molecule has 1 aliphatic rings. The van der Waals surface area contributed by atoms with Gasteiger partial charge in [0.1, 0.15) is 12.2 Å². The Morgan fingerprint density at radius 2 is 1.88 bits per heavy atom. The van der Waals surface area contributed by atoms with Crippen molar-refractivity contribution in [3.05, 3.63) is 35.9 Å². The summed E-state index contributed by atoms with van der Waals surface area (Å²) in [5, 5.41) is 9.11. The highest BCUT2D eigenvalue weighted by Gasteiger charge is 2.33. The summed E-state index contributed by atoms with van der Waals surface area (Å²) in [6.45, 7) is 2.77. The van der Waals surface area contributed by atoms with Gasteiger partial charge in [0.25, 0.3) is 0 Å². The molecule has 1 fully saturated rings. The minimum absolute atomic E-state index is 0.0380. The van der Waals surface area contributed by atoms with E-state index < -0.39 is 0 Å². The molecule has 0 aromatic heterocycles. The van der Waals surface area contributed by atoms with E-state index in [9.17, 15) is 0 Å². The van der Waals surface area contributed by atoms with Gasteiger partial charge in [-0.25, -0.2) is 0 Å². The van der Waals surface area contributed by atoms with Crippen LogP contribution in [0.4, 0.5) is 0 Å². The van der Waals surface area contributed by atoms with Crippen molar-refractivity contribution >= 4 is 0 Å². The monoisotopic (exact) mass is 238 g/mol. The first-order valence-electron chi connectivity index (χ1n) is 5.83. The van der Waals surface area contributed by atoms with E-state index in [1.807, 2.05) is 37.3 Å². The third-order valence-corrected chi connectivity index (χ3v) is 2.72. The van der Waals surface area contributed by atoms with E-state index in [2.05, 4.69) is 0 Å². The smallest absolute Gasteiger partial charge is 0.156 e. The summed E-state index contributed by atoms with van der Waals surface area (Å²) in [5.74, 6) is 0. The van der Waals surface area contributed by atoms with Gasteiger partial charge in [0.05, 0.1) is 19.8 Å². The highest BCUT2D eigenvalue weighted by Crippen LogP contribution is 2.19. The van der Waals surface area contributed by atoms with E-state index in [1.165, 1.54) is 0 Å². The second-order valence-corrected chi connectivity index (χ2v) is 4.10. The SMILES string of the molecule is CC1O[C@H](CO)[C@@H](COCc2ccccc2)O1. The number of benzene rings is 1. The fourth-order valence-electron chi connectivity index (χ4n) is 1.87. The Hall–Kier alpha value is -0.940. The van der Waals surface area contributed by atoms with Crippen LogP contribution in [0.1, 0.15) is 12.5 Å². The molecule has 1 saturated heterocycles. The molecule has 0 aliphatic carbocycles. The molecule has 1 heterocycles. The van der Waals surface area contributed by atoms with Gasteiger partial charge in [0.15, 0.2) is 6.29 Å². The molecule has 1 aromatic carbocycles. The van der Waals surface area contributed by atoms with Crippen LogP contribution < -0.4 is 0 Å². The van der Waals surface area contributed by atoms with Crippen LogP contribution in [0, 0.1) is 0 Å². The predicted octanol–water partition coefficient (Wildman–Crippen LogP) is 1.33. The van der Waals surface area contributed by atoms with Crippen molar-refractivity contribution in [2.75, 3.05) is 13.2 Å². The Balaban J connectivity index is 1.75. The van der Waals surface area contributed by atoms with Crippen molar-refractivity contribution in [3.63, 3.8) is 0 Å². The van der Waals surface area contributed by atoms with Crippen LogP contribution in [0.5, 0.6) is 0 Å². The molecular weight excluding hydrogens is 220 g/mol. The van der Waals surface area contributed by atoms with Crippen LogP contribution in [0.3, 0.4) is 0 Å². The normalized spacial score (nSPS) is 28.5.